The van der Waals surface area contributed by atoms with E-state index in [1.807, 2.05) is 0 Å². The second-order valence-electron chi connectivity index (χ2n) is 8.67. The fraction of sp³-hybridized carbons (Fsp3) is 0.455. The van der Waals surface area contributed by atoms with Crippen LogP contribution in [0.5, 0.6) is 0 Å². The molecule has 2 heterocycles. The number of nitrogens with zero attached hydrogens (tertiary/aromatic N) is 3. The van der Waals surface area contributed by atoms with E-state index in [9.17, 15) is 24.3 Å². The lowest BCUT2D eigenvalue weighted by Gasteiger charge is -2.49. The summed E-state index contributed by atoms with van der Waals surface area (Å²) in [5, 5.41) is 9.10. The van der Waals surface area contributed by atoms with E-state index in [0.29, 0.717) is 5.56 Å². The van der Waals surface area contributed by atoms with Gasteiger partial charge in [0.15, 0.2) is 0 Å². The van der Waals surface area contributed by atoms with Crippen LogP contribution in [0.15, 0.2) is 42.6 Å². The number of benzene rings is 1. The van der Waals surface area contributed by atoms with Crippen LogP contribution in [0.3, 0.4) is 0 Å². The van der Waals surface area contributed by atoms with Gasteiger partial charge in [0.2, 0.25) is 11.8 Å². The van der Waals surface area contributed by atoms with Gasteiger partial charge in [-0.05, 0) is 19.4 Å². The highest BCUT2D eigenvalue weighted by Crippen LogP contribution is 2.52. The molecule has 172 valence electrons. The molecule has 0 radical (unpaired) electrons. The van der Waals surface area contributed by atoms with Crippen molar-refractivity contribution in [2.45, 2.75) is 48.5 Å². The molecule has 4 atom stereocenters. The Morgan fingerprint density at radius 2 is 1.84 bits per heavy atom. The molecule has 32 heavy (non-hydrogen) atoms. The van der Waals surface area contributed by atoms with Crippen LogP contribution in [0.2, 0.25) is 0 Å². The molecule has 0 spiro atoms. The van der Waals surface area contributed by atoms with Crippen molar-refractivity contribution in [3.63, 3.8) is 0 Å². The average Bonchev–Trinajstić information content (AvgIpc) is 2.98. The number of carboxylic acid groups (broad SMARTS) is 1. The Kier molecular flexibility index (Phi) is 6.39. The van der Waals surface area contributed by atoms with Crippen LogP contribution in [-0.4, -0.2) is 79.8 Å². The van der Waals surface area contributed by atoms with E-state index in [-0.39, 0.29) is 18.0 Å². The fourth-order valence-electron chi connectivity index (χ4n) is 4.09. The van der Waals surface area contributed by atoms with Crippen LogP contribution in [0.25, 0.3) is 0 Å². The van der Waals surface area contributed by atoms with Gasteiger partial charge in [-0.3, -0.25) is 19.3 Å². The van der Waals surface area contributed by atoms with Gasteiger partial charge in [0.1, 0.15) is 23.5 Å². The number of fused-ring (bicyclic) bond motifs is 1. The summed E-state index contributed by atoms with van der Waals surface area (Å²) in [6.07, 6.45) is -0.173. The Morgan fingerprint density at radius 1 is 1.25 bits per heavy atom. The monoisotopic (exact) mass is 460 g/mol. The zero-order valence-electron chi connectivity index (χ0n) is 18.5. The van der Waals surface area contributed by atoms with Crippen molar-refractivity contribution >= 4 is 35.5 Å². The highest BCUT2D eigenvalue weighted by Gasteiger charge is 2.66. The van der Waals surface area contributed by atoms with E-state index >= 15 is 0 Å². The minimum absolute atomic E-state index is 0.148. The molecular formula is C22H28N4O5S. The normalized spacial score (nSPS) is 24.2. The molecular weight excluding hydrogens is 432 g/mol. The van der Waals surface area contributed by atoms with Crippen molar-refractivity contribution in [1.82, 2.24) is 14.7 Å². The van der Waals surface area contributed by atoms with E-state index in [1.165, 1.54) is 26.5 Å². The molecule has 9 nitrogen and oxygen atoms in total. The molecule has 2 aliphatic rings. The van der Waals surface area contributed by atoms with Gasteiger partial charge in [-0.1, -0.05) is 36.9 Å². The zero-order valence-corrected chi connectivity index (χ0v) is 19.3. The zero-order chi connectivity index (χ0) is 24.0. The van der Waals surface area contributed by atoms with E-state index in [1.54, 1.807) is 58.3 Å². The molecule has 2 aliphatic heterocycles. The van der Waals surface area contributed by atoms with Crippen LogP contribution in [0.4, 0.5) is 0 Å². The summed E-state index contributed by atoms with van der Waals surface area (Å²) in [6, 6.07) is 5.64. The third-order valence-electron chi connectivity index (χ3n) is 5.78. The van der Waals surface area contributed by atoms with Crippen LogP contribution in [-0.2, 0) is 19.2 Å². The molecule has 1 aromatic carbocycles. The van der Waals surface area contributed by atoms with Crippen LogP contribution >= 0.6 is 11.8 Å². The maximum Gasteiger partial charge on any atom is 0.327 e. The van der Waals surface area contributed by atoms with Gasteiger partial charge >= 0.3 is 5.97 Å². The molecule has 3 N–H and O–H groups in total. The molecule has 10 heteroatoms. The van der Waals surface area contributed by atoms with E-state index in [2.05, 4.69) is 6.58 Å². The average molecular weight is 461 g/mol. The highest BCUT2D eigenvalue weighted by atomic mass is 32.2. The third kappa shape index (κ3) is 4.00. The van der Waals surface area contributed by atoms with Crippen molar-refractivity contribution in [3.8, 4) is 0 Å². The number of thioether (sulfide) groups is 1. The van der Waals surface area contributed by atoms with Crippen molar-refractivity contribution in [2.75, 3.05) is 14.1 Å². The van der Waals surface area contributed by atoms with Gasteiger partial charge in [0.05, 0.1) is 6.42 Å². The lowest BCUT2D eigenvalue weighted by Crippen LogP contribution is -2.71. The van der Waals surface area contributed by atoms with Gasteiger partial charge in [0, 0.05) is 24.5 Å². The summed E-state index contributed by atoms with van der Waals surface area (Å²) in [5.74, 6) is -2.44. The largest absolute Gasteiger partial charge is 0.480 e. The molecule has 2 saturated heterocycles. The maximum atomic E-state index is 13.5. The van der Waals surface area contributed by atoms with Gasteiger partial charge in [-0.2, -0.15) is 0 Å². The molecule has 3 rings (SSSR count). The molecule has 1 aromatic rings. The molecule has 0 aromatic heterocycles. The lowest BCUT2D eigenvalue weighted by atomic mass is 9.94. The van der Waals surface area contributed by atoms with Crippen LogP contribution < -0.4 is 5.73 Å². The Hall–Kier alpha value is -2.85. The maximum absolute atomic E-state index is 13.5. The molecule has 0 saturated carbocycles. The summed E-state index contributed by atoms with van der Waals surface area (Å²) in [6.45, 7) is 7.43. The number of nitrogens with two attached hydrogens (primary N) is 1. The van der Waals surface area contributed by atoms with E-state index < -0.39 is 46.0 Å². The minimum atomic E-state index is -1.10. The standard InChI is InChI=1S/C22H28N4O5S/c1-12(11-14(27)24(4)5)25(18(28)15(23)13-9-7-6-8-10-13)16-19(29)26-17(21(30)31)22(2,3)32-20(16)26/h6-10,15-17,20H,1,11,23H2,2-5H3,(H,30,31)/t15?,16-,17+,20-/m1/s1. The summed E-state index contributed by atoms with van der Waals surface area (Å²) < 4.78 is -0.752. The van der Waals surface area contributed by atoms with Crippen molar-refractivity contribution in [2.24, 2.45) is 5.73 Å². The highest BCUT2D eigenvalue weighted by molar-refractivity contribution is 8.01. The van der Waals surface area contributed by atoms with Gasteiger partial charge in [0.25, 0.3) is 5.91 Å². The Bertz CT molecular complexity index is 964. The van der Waals surface area contributed by atoms with Crippen molar-refractivity contribution < 1.29 is 24.3 Å². The number of hydrogen-bond acceptors (Lipinski definition) is 6. The summed E-state index contributed by atoms with van der Waals surface area (Å²) in [5.41, 5.74) is 6.95. The fourth-order valence-corrected chi connectivity index (χ4v) is 5.76. The number of aliphatic carboxylic acids is 1. The number of hydrogen-bond donors (Lipinski definition) is 2. The summed E-state index contributed by atoms with van der Waals surface area (Å²) >= 11 is 1.31. The number of carbonyl (C=O) groups excluding carboxylic acids is 3. The predicted octanol–water partition coefficient (Wildman–Crippen LogP) is 1.02. The van der Waals surface area contributed by atoms with E-state index in [0.717, 1.165) is 0 Å². The Labute approximate surface area is 191 Å². The number of rotatable bonds is 7. The molecule has 0 aliphatic carbocycles. The number of carboxylic acids is 1. The first-order valence-corrected chi connectivity index (χ1v) is 11.0. The Balaban J connectivity index is 1.96. The second-order valence-corrected chi connectivity index (χ2v) is 10.4. The summed E-state index contributed by atoms with van der Waals surface area (Å²) in [7, 11) is 3.17. The molecule has 2 fully saturated rings. The van der Waals surface area contributed by atoms with E-state index in [4.69, 9.17) is 5.73 Å². The first kappa shape index (κ1) is 23.8. The SMILES string of the molecule is C=C(CC(=O)N(C)C)N(C(=O)C(N)c1ccccc1)[C@@H]1C(=O)N2[C@@H]1SC(C)(C)[C@@H]2C(=O)O. The van der Waals surface area contributed by atoms with Crippen LogP contribution in [0.1, 0.15) is 31.9 Å². The van der Waals surface area contributed by atoms with Gasteiger partial charge in [-0.25, -0.2) is 4.79 Å². The van der Waals surface area contributed by atoms with Crippen molar-refractivity contribution in [1.29, 1.82) is 0 Å². The quantitative estimate of drug-likeness (QED) is 0.582. The first-order valence-electron chi connectivity index (χ1n) is 10.1. The van der Waals surface area contributed by atoms with Crippen molar-refractivity contribution in [3.05, 3.63) is 48.2 Å². The lowest BCUT2D eigenvalue weighted by molar-refractivity contribution is -0.167. The minimum Gasteiger partial charge on any atom is -0.480 e. The first-order chi connectivity index (χ1) is 14.9. The Morgan fingerprint density at radius 3 is 2.38 bits per heavy atom. The second kappa shape index (κ2) is 8.59. The molecule has 1 unspecified atom stereocenters. The molecule has 0 bridgehead atoms. The van der Waals surface area contributed by atoms with Gasteiger partial charge < -0.3 is 20.6 Å². The predicted molar refractivity (Wildman–Crippen MR) is 120 cm³/mol. The topological polar surface area (TPSA) is 124 Å². The van der Waals surface area contributed by atoms with Gasteiger partial charge in [-0.15, -0.1) is 11.8 Å². The van der Waals surface area contributed by atoms with Crippen LogP contribution in [0, 0.1) is 0 Å². The molecule has 3 amide bonds. The number of amides is 3. The number of β-lactam (4-membered cyclic amide) rings is 1. The summed E-state index contributed by atoms with van der Waals surface area (Å²) in [4.78, 5) is 54.7. The third-order valence-corrected chi connectivity index (χ3v) is 7.34. The smallest absolute Gasteiger partial charge is 0.327 e. The number of carbonyl (C=O) groups is 4.